The van der Waals surface area contributed by atoms with Crippen molar-refractivity contribution in [1.82, 2.24) is 0 Å². The van der Waals surface area contributed by atoms with E-state index in [1.165, 1.54) is 57.1 Å². The van der Waals surface area contributed by atoms with Crippen LogP contribution < -0.4 is 0 Å². The first-order valence-corrected chi connectivity index (χ1v) is 15.1. The van der Waals surface area contributed by atoms with Crippen LogP contribution in [-0.4, -0.2) is 5.75 Å². The minimum atomic E-state index is 1.22. The summed E-state index contributed by atoms with van der Waals surface area (Å²) < 4.78 is 0. The van der Waals surface area contributed by atoms with Crippen LogP contribution in [0.25, 0.3) is 0 Å². The molecule has 1 aliphatic heterocycles. The van der Waals surface area contributed by atoms with Gasteiger partial charge in [0.25, 0.3) is 0 Å². The van der Waals surface area contributed by atoms with Crippen molar-refractivity contribution in [1.29, 1.82) is 0 Å². The van der Waals surface area contributed by atoms with Gasteiger partial charge in [0, 0.05) is 5.75 Å². The fraction of sp³-hybridized carbons (Fsp3) is 0.600. The molecular weight excluding hydrogens is 373 g/mol. The Hall–Kier alpha value is 1.32. The van der Waals surface area contributed by atoms with Crippen LogP contribution in [0.15, 0.2) is 35.8 Å². The SMILES string of the molecule is C1=C\C=C/SSSSSSCCCCCCCCC\C=C/1. The van der Waals surface area contributed by atoms with E-state index in [4.69, 9.17) is 0 Å². The van der Waals surface area contributed by atoms with Gasteiger partial charge in [-0.25, -0.2) is 0 Å². The van der Waals surface area contributed by atoms with E-state index in [0.717, 1.165) is 0 Å². The van der Waals surface area contributed by atoms with Crippen LogP contribution in [0.2, 0.25) is 0 Å². The van der Waals surface area contributed by atoms with E-state index in [1.807, 2.05) is 50.1 Å². The van der Waals surface area contributed by atoms with Crippen molar-refractivity contribution in [3.8, 4) is 0 Å². The van der Waals surface area contributed by atoms with Gasteiger partial charge in [-0.2, -0.15) is 0 Å². The maximum Gasteiger partial charge on any atom is 0.00454 e. The molecule has 21 heavy (non-hydrogen) atoms. The lowest BCUT2D eigenvalue weighted by molar-refractivity contribution is 0.593. The summed E-state index contributed by atoms with van der Waals surface area (Å²) >= 11 is 0. The molecule has 120 valence electrons. The fourth-order valence-corrected chi connectivity index (χ4v) is 12.6. The molecule has 0 amide bonds. The summed E-state index contributed by atoms with van der Waals surface area (Å²) in [6, 6.07) is 0. The number of rotatable bonds is 0. The van der Waals surface area contributed by atoms with Crippen molar-refractivity contribution in [2.75, 3.05) is 5.75 Å². The van der Waals surface area contributed by atoms with E-state index in [9.17, 15) is 0 Å². The molecule has 0 aromatic carbocycles. The summed E-state index contributed by atoms with van der Waals surface area (Å²) in [6.07, 6.45) is 21.8. The van der Waals surface area contributed by atoms with Crippen molar-refractivity contribution in [3.05, 3.63) is 35.8 Å². The van der Waals surface area contributed by atoms with Gasteiger partial charge in [-0.05, 0) is 64.0 Å². The summed E-state index contributed by atoms with van der Waals surface area (Å²) in [5, 5.41) is 2.14. The lowest BCUT2D eigenvalue weighted by atomic mass is 10.1. The summed E-state index contributed by atoms with van der Waals surface area (Å²) in [7, 11) is 11.3. The van der Waals surface area contributed by atoms with Gasteiger partial charge < -0.3 is 0 Å². The fourth-order valence-electron chi connectivity index (χ4n) is 1.80. The first-order valence-electron chi connectivity index (χ1n) is 7.43. The van der Waals surface area contributed by atoms with Gasteiger partial charge >= 0.3 is 0 Å². The van der Waals surface area contributed by atoms with Gasteiger partial charge in [0.15, 0.2) is 0 Å². The van der Waals surface area contributed by atoms with E-state index >= 15 is 0 Å². The quantitative estimate of drug-likeness (QED) is 0.373. The molecule has 0 aromatic heterocycles. The van der Waals surface area contributed by atoms with Crippen molar-refractivity contribution in [2.24, 2.45) is 0 Å². The smallest absolute Gasteiger partial charge is 0.00454 e. The molecule has 0 saturated heterocycles. The second-order valence-electron chi connectivity index (χ2n) is 4.60. The van der Waals surface area contributed by atoms with E-state index in [2.05, 4.69) is 35.8 Å². The van der Waals surface area contributed by atoms with E-state index < -0.39 is 0 Å². The molecule has 1 aliphatic rings. The van der Waals surface area contributed by atoms with Crippen molar-refractivity contribution >= 4 is 60.9 Å². The molecule has 0 nitrogen and oxygen atoms in total. The highest BCUT2D eigenvalue weighted by Crippen LogP contribution is 2.52. The Bertz CT molecular complexity index is 273. The molecule has 0 aromatic rings. The molecule has 0 spiro atoms. The predicted octanol–water partition coefficient (Wildman–Crippen LogP) is 8.72. The highest BCUT2D eigenvalue weighted by molar-refractivity contribution is 9.42. The van der Waals surface area contributed by atoms with Crippen molar-refractivity contribution in [3.63, 3.8) is 0 Å². The Kier molecular flexibility index (Phi) is 17.1. The lowest BCUT2D eigenvalue weighted by Crippen LogP contribution is -1.81. The summed E-state index contributed by atoms with van der Waals surface area (Å²) in [5.74, 6) is 1.30. The van der Waals surface area contributed by atoms with Gasteiger partial charge in [-0.15, -0.1) is 0 Å². The second kappa shape index (κ2) is 17.7. The Morgan fingerprint density at radius 1 is 0.571 bits per heavy atom. The minimum absolute atomic E-state index is 1.22. The highest BCUT2D eigenvalue weighted by atomic mass is 33.9. The van der Waals surface area contributed by atoms with E-state index in [1.54, 1.807) is 10.8 Å². The van der Waals surface area contributed by atoms with Gasteiger partial charge in [0.1, 0.15) is 0 Å². The van der Waals surface area contributed by atoms with Crippen LogP contribution in [0, 0.1) is 0 Å². The first-order chi connectivity index (χ1) is 10.5. The average Bonchev–Trinajstić information content (AvgIpc) is 2.50. The molecule has 0 radical (unpaired) electrons. The zero-order valence-electron chi connectivity index (χ0n) is 12.3. The van der Waals surface area contributed by atoms with Crippen LogP contribution in [0.5, 0.6) is 0 Å². The second-order valence-corrected chi connectivity index (χ2v) is 14.1. The number of hydrogen-bond donors (Lipinski definition) is 0. The van der Waals surface area contributed by atoms with Gasteiger partial charge in [-0.3, -0.25) is 0 Å². The predicted molar refractivity (Wildman–Crippen MR) is 115 cm³/mol. The minimum Gasteiger partial charge on any atom is -0.0845 e. The molecule has 0 fully saturated rings. The van der Waals surface area contributed by atoms with Crippen LogP contribution >= 0.6 is 60.9 Å². The van der Waals surface area contributed by atoms with Crippen LogP contribution in [0.4, 0.5) is 0 Å². The van der Waals surface area contributed by atoms with Crippen molar-refractivity contribution in [2.45, 2.75) is 51.4 Å². The van der Waals surface area contributed by atoms with E-state index in [0.29, 0.717) is 0 Å². The van der Waals surface area contributed by atoms with Gasteiger partial charge in [0.05, 0.1) is 0 Å². The molecule has 0 bridgehead atoms. The van der Waals surface area contributed by atoms with Crippen LogP contribution in [0.1, 0.15) is 51.4 Å². The molecule has 1 rings (SSSR count). The third kappa shape index (κ3) is 16.0. The molecular formula is C15H24S6. The summed E-state index contributed by atoms with van der Waals surface area (Å²) in [6.45, 7) is 0. The monoisotopic (exact) mass is 396 g/mol. The molecule has 0 N–H and O–H groups in total. The summed E-state index contributed by atoms with van der Waals surface area (Å²) in [5.41, 5.74) is 0. The largest absolute Gasteiger partial charge is 0.0845 e. The molecule has 0 unspecified atom stereocenters. The van der Waals surface area contributed by atoms with Crippen LogP contribution in [-0.2, 0) is 0 Å². The number of allylic oxidation sites excluding steroid dienone is 5. The van der Waals surface area contributed by atoms with Gasteiger partial charge in [0.2, 0.25) is 0 Å². The van der Waals surface area contributed by atoms with Gasteiger partial charge in [-0.1, -0.05) is 84.1 Å². The lowest BCUT2D eigenvalue weighted by Gasteiger charge is -2.01. The average molecular weight is 397 g/mol. The first kappa shape index (κ1) is 20.4. The highest BCUT2D eigenvalue weighted by Gasteiger charge is 1.95. The molecule has 6 heteroatoms. The normalized spacial score (nSPS) is 26.3. The topological polar surface area (TPSA) is 0 Å². The Balaban J connectivity index is 2.17. The molecule has 0 aliphatic carbocycles. The Labute approximate surface area is 153 Å². The Morgan fingerprint density at radius 2 is 1.29 bits per heavy atom. The van der Waals surface area contributed by atoms with Crippen LogP contribution in [0.3, 0.4) is 0 Å². The molecule has 0 atom stereocenters. The third-order valence-corrected chi connectivity index (χ3v) is 13.4. The zero-order valence-corrected chi connectivity index (χ0v) is 17.2. The zero-order chi connectivity index (χ0) is 14.8. The maximum atomic E-state index is 2.29. The van der Waals surface area contributed by atoms with E-state index in [-0.39, 0.29) is 0 Å². The number of hydrogen-bond acceptors (Lipinski definition) is 6. The van der Waals surface area contributed by atoms with Crippen molar-refractivity contribution < 1.29 is 0 Å². The molecule has 0 saturated carbocycles. The standard InChI is InChI=1S/C15H24S6/c1-2-4-6-8-10-12-14-16-18-20-21-19-17-15-13-11-9-7-5-3-1/h4,6,8,10,12,14H,1-3,5,7,9,11,13,15H2/b6-4-,10-8-,14-12-. The summed E-state index contributed by atoms with van der Waals surface area (Å²) in [4.78, 5) is 0. The third-order valence-electron chi connectivity index (χ3n) is 2.87. The molecule has 1 heterocycles. The maximum absolute atomic E-state index is 2.29. The Morgan fingerprint density at radius 3 is 2.19 bits per heavy atom.